The summed E-state index contributed by atoms with van der Waals surface area (Å²) in [5.74, 6) is -5.21. The zero-order chi connectivity index (χ0) is 23.5. The molecule has 0 bridgehead atoms. The fraction of sp³-hybridized carbons (Fsp3) is 0.381. The van der Waals surface area contributed by atoms with E-state index in [1.807, 2.05) is 0 Å². The van der Waals surface area contributed by atoms with Gasteiger partial charge in [-0.15, -0.1) is 0 Å². The third kappa shape index (κ3) is 4.55. The summed E-state index contributed by atoms with van der Waals surface area (Å²) >= 11 is 0. The van der Waals surface area contributed by atoms with Gasteiger partial charge in [0.05, 0.1) is 48.0 Å². The smallest absolute Gasteiger partial charge is 0.418 e. The molecule has 1 unspecified atom stereocenters. The molecule has 0 radical (unpaired) electrons. The summed E-state index contributed by atoms with van der Waals surface area (Å²) < 4.78 is 66.7. The van der Waals surface area contributed by atoms with Crippen LogP contribution in [-0.4, -0.2) is 25.7 Å². The number of methoxy groups -OCH3 is 1. The van der Waals surface area contributed by atoms with Gasteiger partial charge in [0.15, 0.2) is 0 Å². The Morgan fingerprint density at radius 3 is 2.23 bits per heavy atom. The van der Waals surface area contributed by atoms with Crippen molar-refractivity contribution in [2.45, 2.75) is 39.3 Å². The fourth-order valence-corrected chi connectivity index (χ4v) is 3.48. The lowest BCUT2D eigenvalue weighted by molar-refractivity contribution is -0.141. The zero-order valence-corrected chi connectivity index (χ0v) is 17.2. The van der Waals surface area contributed by atoms with E-state index >= 15 is 0 Å². The van der Waals surface area contributed by atoms with E-state index in [2.05, 4.69) is 5.32 Å². The summed E-state index contributed by atoms with van der Waals surface area (Å²) in [6.45, 7) is 4.46. The highest BCUT2D eigenvalue weighted by Gasteiger charge is 2.46. The average molecular weight is 440 g/mol. The predicted octanol–water partition coefficient (Wildman–Crippen LogP) is 4.08. The van der Waals surface area contributed by atoms with E-state index in [9.17, 15) is 32.4 Å². The number of ether oxygens (including phenoxy) is 2. The molecule has 166 valence electrons. The van der Waals surface area contributed by atoms with Crippen LogP contribution in [0.1, 0.15) is 49.8 Å². The number of nitrogens with zero attached hydrogens (tertiary/aromatic N) is 1. The summed E-state index contributed by atoms with van der Waals surface area (Å²) in [7, 11) is 1.01. The Kier molecular flexibility index (Phi) is 7.10. The number of hydrogen-bond donors (Lipinski definition) is 1. The van der Waals surface area contributed by atoms with E-state index in [0.717, 1.165) is 7.11 Å². The van der Waals surface area contributed by atoms with E-state index in [1.54, 1.807) is 6.92 Å². The molecule has 0 saturated carbocycles. The van der Waals surface area contributed by atoms with Crippen LogP contribution in [0.3, 0.4) is 0 Å². The molecule has 1 atom stereocenters. The maximum Gasteiger partial charge on any atom is 0.418 e. The van der Waals surface area contributed by atoms with Gasteiger partial charge in [0.2, 0.25) is 0 Å². The molecule has 0 aromatic heterocycles. The first-order valence-corrected chi connectivity index (χ1v) is 9.23. The molecular weight excluding hydrogens is 420 g/mol. The number of rotatable bonds is 5. The molecule has 6 nitrogen and oxygen atoms in total. The molecule has 0 aliphatic carbocycles. The summed E-state index contributed by atoms with van der Waals surface area (Å²) in [6, 6.07) is 2.79. The van der Waals surface area contributed by atoms with Crippen molar-refractivity contribution in [2.24, 2.45) is 0 Å². The normalized spacial score (nSPS) is 16.5. The maximum absolute atomic E-state index is 15.0. The molecule has 1 heterocycles. The van der Waals surface area contributed by atoms with Crippen LogP contribution in [0.2, 0.25) is 0 Å². The molecule has 2 rings (SSSR count). The van der Waals surface area contributed by atoms with Crippen molar-refractivity contribution >= 4 is 11.9 Å². The molecule has 0 amide bonds. The van der Waals surface area contributed by atoms with Crippen molar-refractivity contribution in [3.8, 4) is 6.07 Å². The molecular formula is C21H20F4N2O4. The van der Waals surface area contributed by atoms with Gasteiger partial charge in [-0.1, -0.05) is 6.92 Å². The lowest BCUT2D eigenvalue weighted by Gasteiger charge is -2.32. The quantitative estimate of drug-likeness (QED) is 0.549. The van der Waals surface area contributed by atoms with Gasteiger partial charge in [0, 0.05) is 17.0 Å². The Balaban J connectivity index is 2.96. The molecule has 31 heavy (non-hydrogen) atoms. The van der Waals surface area contributed by atoms with Crippen LogP contribution in [0, 0.1) is 17.1 Å². The Hall–Kier alpha value is -3.35. The van der Waals surface area contributed by atoms with Gasteiger partial charge in [-0.05, 0) is 32.4 Å². The molecule has 1 aliphatic heterocycles. The molecule has 0 fully saturated rings. The molecule has 10 heteroatoms. The lowest BCUT2D eigenvalue weighted by atomic mass is 9.77. The number of dihydropyridines is 1. The standard InChI is InChI=1S/C21H20F4N2O4/c1-5-8-31-20(29)15-11(3)27-10(2)14(19(28)30-4)17(15)16-13(22)7-6-12(9-26)18(16)21(23,24)25/h6-7,17,27H,5,8H2,1-4H3. The van der Waals surface area contributed by atoms with Crippen LogP contribution in [0.15, 0.2) is 34.7 Å². The Morgan fingerprint density at radius 1 is 1.16 bits per heavy atom. The van der Waals surface area contributed by atoms with Crippen LogP contribution in [0.25, 0.3) is 0 Å². The number of carbonyl (C=O) groups is 2. The van der Waals surface area contributed by atoms with Crippen LogP contribution < -0.4 is 5.32 Å². The molecule has 1 aromatic rings. The minimum atomic E-state index is -5.14. The molecule has 1 aliphatic rings. The monoisotopic (exact) mass is 440 g/mol. The second kappa shape index (κ2) is 9.20. The van der Waals surface area contributed by atoms with Gasteiger partial charge in [0.1, 0.15) is 5.82 Å². The number of alkyl halides is 3. The van der Waals surface area contributed by atoms with E-state index < -0.39 is 52.1 Å². The van der Waals surface area contributed by atoms with Crippen molar-refractivity contribution < 1.29 is 36.6 Å². The predicted molar refractivity (Wildman–Crippen MR) is 101 cm³/mol. The number of allylic oxidation sites excluding steroid dienone is 2. The maximum atomic E-state index is 15.0. The van der Waals surface area contributed by atoms with Gasteiger partial charge in [-0.3, -0.25) is 0 Å². The highest BCUT2D eigenvalue weighted by molar-refractivity contribution is 6.00. The van der Waals surface area contributed by atoms with E-state index in [0.29, 0.717) is 18.6 Å². The highest BCUT2D eigenvalue weighted by Crippen LogP contribution is 2.46. The largest absolute Gasteiger partial charge is 0.466 e. The van der Waals surface area contributed by atoms with Crippen molar-refractivity contribution in [1.29, 1.82) is 5.26 Å². The summed E-state index contributed by atoms with van der Waals surface area (Å²) in [5.41, 5.74) is -4.03. The molecule has 1 aromatic carbocycles. The second-order valence-corrected chi connectivity index (χ2v) is 6.76. The van der Waals surface area contributed by atoms with Crippen LogP contribution >= 0.6 is 0 Å². The van der Waals surface area contributed by atoms with Gasteiger partial charge < -0.3 is 14.8 Å². The van der Waals surface area contributed by atoms with E-state index in [-0.39, 0.29) is 23.6 Å². The Bertz CT molecular complexity index is 1020. The van der Waals surface area contributed by atoms with Crippen molar-refractivity contribution in [3.63, 3.8) is 0 Å². The SMILES string of the molecule is CCCOC(=O)C1=C(C)NC(C)=C(C(=O)OC)C1c1c(F)ccc(C#N)c1C(F)(F)F. The van der Waals surface area contributed by atoms with Gasteiger partial charge in [-0.25, -0.2) is 14.0 Å². The topological polar surface area (TPSA) is 88.4 Å². The number of benzene rings is 1. The number of hydrogen-bond acceptors (Lipinski definition) is 6. The van der Waals surface area contributed by atoms with Gasteiger partial charge >= 0.3 is 18.1 Å². The van der Waals surface area contributed by atoms with E-state index in [4.69, 9.17) is 9.47 Å². The summed E-state index contributed by atoms with van der Waals surface area (Å²) in [4.78, 5) is 25.3. The first-order valence-electron chi connectivity index (χ1n) is 9.23. The van der Waals surface area contributed by atoms with Crippen LogP contribution in [0.4, 0.5) is 17.6 Å². The van der Waals surface area contributed by atoms with Gasteiger partial charge in [0.25, 0.3) is 0 Å². The summed E-state index contributed by atoms with van der Waals surface area (Å²) in [5, 5.41) is 12.0. The van der Waals surface area contributed by atoms with Crippen LogP contribution in [-0.2, 0) is 25.2 Å². The number of halogens is 4. The number of carbonyl (C=O) groups excluding carboxylic acids is 2. The Labute approximate surface area is 176 Å². The van der Waals surface area contributed by atoms with Crippen LogP contribution in [0.5, 0.6) is 0 Å². The third-order valence-corrected chi connectivity index (χ3v) is 4.71. The molecule has 1 N–H and O–H groups in total. The van der Waals surface area contributed by atoms with Crippen molar-refractivity contribution in [2.75, 3.05) is 13.7 Å². The minimum Gasteiger partial charge on any atom is -0.466 e. The number of nitriles is 1. The first kappa shape index (κ1) is 23.9. The first-order chi connectivity index (χ1) is 14.5. The lowest BCUT2D eigenvalue weighted by Crippen LogP contribution is -2.34. The fourth-order valence-electron chi connectivity index (χ4n) is 3.48. The zero-order valence-electron chi connectivity index (χ0n) is 17.2. The van der Waals surface area contributed by atoms with Crippen molar-refractivity contribution in [3.05, 3.63) is 57.2 Å². The third-order valence-electron chi connectivity index (χ3n) is 4.71. The number of esters is 2. The second-order valence-electron chi connectivity index (χ2n) is 6.76. The molecule has 0 spiro atoms. The summed E-state index contributed by atoms with van der Waals surface area (Å²) in [6.07, 6.45) is -4.71. The molecule has 0 saturated heterocycles. The van der Waals surface area contributed by atoms with Crippen molar-refractivity contribution in [1.82, 2.24) is 5.32 Å². The highest BCUT2D eigenvalue weighted by atomic mass is 19.4. The average Bonchev–Trinajstić information content (AvgIpc) is 2.70. The minimum absolute atomic E-state index is 0.0363. The number of nitrogens with one attached hydrogen (secondary N) is 1. The van der Waals surface area contributed by atoms with Gasteiger partial charge in [-0.2, -0.15) is 18.4 Å². The van der Waals surface area contributed by atoms with E-state index in [1.165, 1.54) is 19.9 Å². The Morgan fingerprint density at radius 2 is 1.74 bits per heavy atom.